The number of benzene rings is 1. The maximum Gasteiger partial charge on any atom is 0.317 e. The van der Waals surface area contributed by atoms with Gasteiger partial charge in [0.05, 0.1) is 5.92 Å². The Kier molecular flexibility index (Phi) is 5.83. The van der Waals surface area contributed by atoms with Crippen molar-refractivity contribution in [3.05, 3.63) is 34.3 Å². The van der Waals surface area contributed by atoms with Crippen LogP contribution >= 0.6 is 15.9 Å². The molecule has 1 aliphatic carbocycles. The number of carbonyl (C=O) groups excluding carboxylic acids is 1. The van der Waals surface area contributed by atoms with Crippen molar-refractivity contribution in [1.82, 2.24) is 10.2 Å². The fourth-order valence-corrected chi connectivity index (χ4v) is 2.97. The smallest absolute Gasteiger partial charge is 0.317 e. The first-order valence-corrected chi connectivity index (χ1v) is 8.24. The summed E-state index contributed by atoms with van der Waals surface area (Å²) in [7, 11) is 1.76. The predicted molar refractivity (Wildman–Crippen MR) is 87.5 cm³/mol. The average molecular weight is 369 g/mol. The molecule has 1 aromatic carbocycles. The van der Waals surface area contributed by atoms with E-state index in [-0.39, 0.29) is 18.0 Å². The summed E-state index contributed by atoms with van der Waals surface area (Å²) in [5.41, 5.74) is 1.07. The number of halogens is 1. The minimum Gasteiger partial charge on any atom is -0.481 e. The molecule has 2 amide bonds. The van der Waals surface area contributed by atoms with Crippen LogP contribution in [0.5, 0.6) is 0 Å². The monoisotopic (exact) mass is 368 g/mol. The minimum absolute atomic E-state index is 0.0791. The first kappa shape index (κ1) is 16.8. The molecule has 0 radical (unpaired) electrons. The minimum atomic E-state index is -0.725. The van der Waals surface area contributed by atoms with Gasteiger partial charge in [-0.15, -0.1) is 0 Å². The Hall–Kier alpha value is -1.56. The number of hydrogen-bond acceptors (Lipinski definition) is 2. The van der Waals surface area contributed by atoms with Gasteiger partial charge in [0.2, 0.25) is 0 Å². The summed E-state index contributed by atoms with van der Waals surface area (Å²) in [4.78, 5) is 24.8. The number of rotatable bonds is 4. The van der Waals surface area contributed by atoms with Gasteiger partial charge in [-0.1, -0.05) is 28.1 Å². The molecule has 0 aliphatic heterocycles. The lowest BCUT2D eigenvalue weighted by Gasteiger charge is -2.28. The Balaban J connectivity index is 1.79. The second kappa shape index (κ2) is 7.63. The summed E-state index contributed by atoms with van der Waals surface area (Å²) in [6, 6.07) is 7.83. The van der Waals surface area contributed by atoms with Crippen molar-refractivity contribution >= 4 is 27.9 Å². The Labute approximate surface area is 138 Å². The quantitative estimate of drug-likeness (QED) is 0.856. The highest BCUT2D eigenvalue weighted by Gasteiger charge is 2.27. The summed E-state index contributed by atoms with van der Waals surface area (Å²) >= 11 is 3.39. The number of nitrogens with zero attached hydrogens (tertiary/aromatic N) is 1. The summed E-state index contributed by atoms with van der Waals surface area (Å²) in [6.45, 7) is 0.545. The van der Waals surface area contributed by atoms with Crippen molar-refractivity contribution in [2.45, 2.75) is 38.3 Å². The molecule has 1 aromatic rings. The number of carboxylic acids is 1. The van der Waals surface area contributed by atoms with Crippen LogP contribution in [0.1, 0.15) is 31.2 Å². The molecule has 0 heterocycles. The van der Waals surface area contributed by atoms with E-state index in [4.69, 9.17) is 5.11 Å². The van der Waals surface area contributed by atoms with Gasteiger partial charge in [0.25, 0.3) is 0 Å². The maximum atomic E-state index is 12.2. The molecule has 0 atom stereocenters. The van der Waals surface area contributed by atoms with Crippen LogP contribution in [0.4, 0.5) is 4.79 Å². The second-order valence-electron chi connectivity index (χ2n) is 5.82. The summed E-state index contributed by atoms with van der Waals surface area (Å²) in [5.74, 6) is -0.981. The SMILES string of the molecule is CN(Cc1ccc(Br)cc1)C(=O)NC1CCC(C(=O)O)CC1. The third kappa shape index (κ3) is 4.73. The third-order valence-electron chi connectivity index (χ3n) is 4.08. The van der Waals surface area contributed by atoms with Gasteiger partial charge in [0.1, 0.15) is 0 Å². The zero-order chi connectivity index (χ0) is 16.1. The molecule has 5 nitrogen and oxygen atoms in total. The molecule has 22 heavy (non-hydrogen) atoms. The van der Waals surface area contributed by atoms with E-state index in [0.29, 0.717) is 19.4 Å². The topological polar surface area (TPSA) is 69.6 Å². The molecule has 2 N–H and O–H groups in total. The molecule has 1 fully saturated rings. The first-order valence-electron chi connectivity index (χ1n) is 7.44. The lowest BCUT2D eigenvalue weighted by Crippen LogP contribution is -2.44. The second-order valence-corrected chi connectivity index (χ2v) is 6.73. The molecule has 0 bridgehead atoms. The molecule has 2 rings (SSSR count). The summed E-state index contributed by atoms with van der Waals surface area (Å²) < 4.78 is 1.01. The molecular formula is C16H21BrN2O3. The maximum absolute atomic E-state index is 12.2. The third-order valence-corrected chi connectivity index (χ3v) is 4.61. The van der Waals surface area contributed by atoms with Gasteiger partial charge in [-0.3, -0.25) is 4.79 Å². The first-order chi connectivity index (χ1) is 10.5. The number of hydrogen-bond donors (Lipinski definition) is 2. The van der Waals surface area contributed by atoms with Crippen molar-refractivity contribution in [2.75, 3.05) is 7.05 Å². The number of aliphatic carboxylic acids is 1. The molecule has 1 aliphatic rings. The lowest BCUT2D eigenvalue weighted by molar-refractivity contribution is -0.142. The van der Waals surface area contributed by atoms with E-state index in [0.717, 1.165) is 22.9 Å². The Morgan fingerprint density at radius 1 is 1.23 bits per heavy atom. The summed E-state index contributed by atoms with van der Waals surface area (Å²) in [5, 5.41) is 12.0. The van der Waals surface area contributed by atoms with Crippen LogP contribution in [-0.2, 0) is 11.3 Å². The van der Waals surface area contributed by atoms with Crippen molar-refractivity contribution in [1.29, 1.82) is 0 Å². The standard InChI is InChI=1S/C16H21BrN2O3/c1-19(10-11-2-6-13(17)7-3-11)16(22)18-14-8-4-12(5-9-14)15(20)21/h2-3,6-7,12,14H,4-5,8-10H2,1H3,(H,18,22)(H,20,21). The zero-order valence-corrected chi connectivity index (χ0v) is 14.2. The van der Waals surface area contributed by atoms with Crippen LogP contribution < -0.4 is 5.32 Å². The van der Waals surface area contributed by atoms with Gasteiger partial charge in [-0.2, -0.15) is 0 Å². The fraction of sp³-hybridized carbons (Fsp3) is 0.500. The molecule has 0 unspecified atom stereocenters. The van der Waals surface area contributed by atoms with Crippen molar-refractivity contribution in [3.8, 4) is 0 Å². The molecule has 6 heteroatoms. The number of amides is 2. The van der Waals surface area contributed by atoms with E-state index in [1.54, 1.807) is 11.9 Å². The van der Waals surface area contributed by atoms with E-state index in [9.17, 15) is 9.59 Å². The highest BCUT2D eigenvalue weighted by atomic mass is 79.9. The van der Waals surface area contributed by atoms with Crippen LogP contribution in [0, 0.1) is 5.92 Å². The Bertz CT molecular complexity index is 525. The van der Waals surface area contributed by atoms with Gasteiger partial charge in [-0.25, -0.2) is 4.79 Å². The fourth-order valence-electron chi connectivity index (χ4n) is 2.70. The molecule has 0 spiro atoms. The van der Waals surface area contributed by atoms with E-state index >= 15 is 0 Å². The number of nitrogens with one attached hydrogen (secondary N) is 1. The van der Waals surface area contributed by atoms with Crippen molar-refractivity contribution in [2.24, 2.45) is 5.92 Å². The van der Waals surface area contributed by atoms with Gasteiger partial charge >= 0.3 is 12.0 Å². The Morgan fingerprint density at radius 2 is 1.82 bits per heavy atom. The molecule has 1 saturated carbocycles. The van der Waals surface area contributed by atoms with Crippen LogP contribution in [0.15, 0.2) is 28.7 Å². The van der Waals surface area contributed by atoms with Crippen LogP contribution in [0.2, 0.25) is 0 Å². The van der Waals surface area contributed by atoms with Crippen molar-refractivity contribution < 1.29 is 14.7 Å². The van der Waals surface area contributed by atoms with Crippen LogP contribution in [0.25, 0.3) is 0 Å². The molecule has 0 saturated heterocycles. The van der Waals surface area contributed by atoms with E-state index < -0.39 is 5.97 Å². The van der Waals surface area contributed by atoms with Gasteiger partial charge in [0, 0.05) is 24.1 Å². The highest BCUT2D eigenvalue weighted by Crippen LogP contribution is 2.24. The van der Waals surface area contributed by atoms with E-state index in [1.807, 2.05) is 24.3 Å². The average Bonchev–Trinajstić information content (AvgIpc) is 2.50. The van der Waals surface area contributed by atoms with Crippen molar-refractivity contribution in [3.63, 3.8) is 0 Å². The zero-order valence-electron chi connectivity index (χ0n) is 12.6. The predicted octanol–water partition coefficient (Wildman–Crippen LogP) is 3.23. The van der Waals surface area contributed by atoms with Crippen LogP contribution in [0.3, 0.4) is 0 Å². The number of carbonyl (C=O) groups is 2. The largest absolute Gasteiger partial charge is 0.481 e. The van der Waals surface area contributed by atoms with Gasteiger partial charge in [-0.05, 0) is 43.4 Å². The van der Waals surface area contributed by atoms with E-state index in [2.05, 4.69) is 21.2 Å². The van der Waals surface area contributed by atoms with Gasteiger partial charge in [0.15, 0.2) is 0 Å². The molecule has 120 valence electrons. The number of carboxylic acid groups (broad SMARTS) is 1. The lowest BCUT2D eigenvalue weighted by atomic mass is 9.86. The number of urea groups is 1. The normalized spacial score (nSPS) is 21.2. The van der Waals surface area contributed by atoms with Gasteiger partial charge < -0.3 is 15.3 Å². The van der Waals surface area contributed by atoms with E-state index in [1.165, 1.54) is 0 Å². The molecular weight excluding hydrogens is 348 g/mol. The highest BCUT2D eigenvalue weighted by molar-refractivity contribution is 9.10. The Morgan fingerprint density at radius 3 is 2.36 bits per heavy atom. The van der Waals surface area contributed by atoms with Crippen LogP contribution in [-0.4, -0.2) is 35.1 Å². The molecule has 0 aromatic heterocycles. The summed E-state index contributed by atoms with van der Waals surface area (Å²) in [6.07, 6.45) is 2.73.